The van der Waals surface area contributed by atoms with Crippen molar-refractivity contribution in [3.8, 4) is 11.5 Å². The summed E-state index contributed by atoms with van der Waals surface area (Å²) in [6, 6.07) is 5.38. The number of nitrogens with zero attached hydrogens (tertiary/aromatic N) is 2. The molecule has 6 nitrogen and oxygen atoms in total. The summed E-state index contributed by atoms with van der Waals surface area (Å²) in [4.78, 5) is 19.3. The van der Waals surface area contributed by atoms with Crippen LogP contribution in [-0.2, 0) is 25.7 Å². The van der Waals surface area contributed by atoms with Gasteiger partial charge in [0.25, 0.3) is 5.56 Å². The molecule has 0 radical (unpaired) electrons. The van der Waals surface area contributed by atoms with Gasteiger partial charge in [-0.1, -0.05) is 6.07 Å². The van der Waals surface area contributed by atoms with E-state index in [0.717, 1.165) is 5.56 Å². The van der Waals surface area contributed by atoms with Gasteiger partial charge in [0.2, 0.25) is 5.82 Å². The molecule has 1 aliphatic heterocycles. The lowest BCUT2D eigenvalue weighted by Gasteiger charge is -2.28. The van der Waals surface area contributed by atoms with Gasteiger partial charge in [-0.2, -0.15) is 13.2 Å². The number of hydrogen-bond acceptors (Lipinski definition) is 5. The molecule has 1 N–H and O–H groups in total. The first-order valence-electron chi connectivity index (χ1n) is 7.95. The minimum Gasteiger partial charge on any atom is -0.496 e. The first-order valence-corrected chi connectivity index (χ1v) is 7.95. The molecule has 1 aromatic heterocycles. The highest BCUT2D eigenvalue weighted by Crippen LogP contribution is 2.31. The van der Waals surface area contributed by atoms with Crippen molar-refractivity contribution in [1.82, 2.24) is 14.9 Å². The molecule has 2 aromatic rings. The van der Waals surface area contributed by atoms with Crippen LogP contribution in [0.3, 0.4) is 0 Å². The number of methoxy groups -OCH3 is 2. The van der Waals surface area contributed by atoms with Crippen molar-refractivity contribution in [2.75, 3.05) is 20.8 Å². The van der Waals surface area contributed by atoms with Crippen molar-refractivity contribution in [3.63, 3.8) is 0 Å². The fourth-order valence-electron chi connectivity index (χ4n) is 3.07. The summed E-state index contributed by atoms with van der Waals surface area (Å²) in [5.41, 5.74) is 0.529. The molecule has 0 aliphatic carbocycles. The van der Waals surface area contributed by atoms with Crippen molar-refractivity contribution < 1.29 is 22.6 Å². The highest BCUT2D eigenvalue weighted by atomic mass is 19.4. The zero-order valence-corrected chi connectivity index (χ0v) is 14.3. The standard InChI is InChI=1S/C17H18F3N3O3/c1-25-13-4-3-5-14(26-2)11(13)8-23-7-6-10-12(9-23)21-16(17(18,19)20)22-15(10)24/h3-5H,6-9H2,1-2H3,(H,21,22,24). The van der Waals surface area contributed by atoms with Gasteiger partial charge < -0.3 is 14.5 Å². The van der Waals surface area contributed by atoms with Crippen molar-refractivity contribution in [3.05, 3.63) is 51.2 Å². The van der Waals surface area contributed by atoms with Gasteiger partial charge in [0.15, 0.2) is 0 Å². The van der Waals surface area contributed by atoms with E-state index in [-0.39, 0.29) is 12.2 Å². The molecule has 0 saturated carbocycles. The Morgan fingerprint density at radius 3 is 2.46 bits per heavy atom. The van der Waals surface area contributed by atoms with Crippen LogP contribution >= 0.6 is 0 Å². The van der Waals surface area contributed by atoms with E-state index in [1.807, 2.05) is 9.88 Å². The number of aromatic nitrogens is 2. The van der Waals surface area contributed by atoms with Gasteiger partial charge in [0.05, 0.1) is 25.5 Å². The molecule has 2 heterocycles. The van der Waals surface area contributed by atoms with Gasteiger partial charge in [-0.05, 0) is 18.6 Å². The van der Waals surface area contributed by atoms with Crippen LogP contribution in [0, 0.1) is 0 Å². The van der Waals surface area contributed by atoms with Crippen LogP contribution < -0.4 is 15.0 Å². The molecule has 9 heteroatoms. The monoisotopic (exact) mass is 369 g/mol. The zero-order chi connectivity index (χ0) is 18.9. The minimum atomic E-state index is -4.69. The number of aromatic amines is 1. The van der Waals surface area contributed by atoms with Crippen LogP contribution in [0.15, 0.2) is 23.0 Å². The lowest BCUT2D eigenvalue weighted by molar-refractivity contribution is -0.145. The SMILES string of the molecule is COc1cccc(OC)c1CN1CCc2c(nc(C(F)(F)F)[nH]c2=O)C1. The summed E-state index contributed by atoms with van der Waals surface area (Å²) in [6.45, 7) is 1.07. The number of alkyl halides is 3. The molecule has 1 aromatic carbocycles. The quantitative estimate of drug-likeness (QED) is 0.896. The van der Waals surface area contributed by atoms with E-state index in [0.29, 0.717) is 36.6 Å². The summed E-state index contributed by atoms with van der Waals surface area (Å²) >= 11 is 0. The Labute approximate surface area is 147 Å². The number of halogens is 3. The molecular weight excluding hydrogens is 351 g/mol. The number of H-pyrrole nitrogens is 1. The molecule has 140 valence electrons. The molecule has 0 spiro atoms. The minimum absolute atomic E-state index is 0.142. The van der Waals surface area contributed by atoms with Crippen LogP contribution in [0.2, 0.25) is 0 Å². The van der Waals surface area contributed by atoms with Crippen molar-refractivity contribution in [1.29, 1.82) is 0 Å². The van der Waals surface area contributed by atoms with E-state index in [4.69, 9.17) is 9.47 Å². The molecular formula is C17H18F3N3O3. The third-order valence-electron chi connectivity index (χ3n) is 4.33. The Bertz CT molecular complexity index is 842. The van der Waals surface area contributed by atoms with E-state index < -0.39 is 17.6 Å². The lowest BCUT2D eigenvalue weighted by Crippen LogP contribution is -2.36. The van der Waals surface area contributed by atoms with Gasteiger partial charge in [-0.25, -0.2) is 4.98 Å². The average Bonchev–Trinajstić information content (AvgIpc) is 2.60. The summed E-state index contributed by atoms with van der Waals surface area (Å²) in [6.07, 6.45) is -4.37. The molecule has 26 heavy (non-hydrogen) atoms. The highest BCUT2D eigenvalue weighted by molar-refractivity contribution is 5.44. The fourth-order valence-corrected chi connectivity index (χ4v) is 3.07. The predicted octanol–water partition coefficient (Wildman–Crippen LogP) is 2.36. The van der Waals surface area contributed by atoms with Gasteiger partial charge in [-0.3, -0.25) is 9.69 Å². The van der Waals surface area contributed by atoms with E-state index in [9.17, 15) is 18.0 Å². The lowest BCUT2D eigenvalue weighted by atomic mass is 10.0. The van der Waals surface area contributed by atoms with Crippen LogP contribution in [0.4, 0.5) is 13.2 Å². The first-order chi connectivity index (χ1) is 12.3. The third-order valence-corrected chi connectivity index (χ3v) is 4.33. The maximum absolute atomic E-state index is 12.9. The number of benzene rings is 1. The molecule has 0 bridgehead atoms. The Kier molecular flexibility index (Phi) is 4.90. The van der Waals surface area contributed by atoms with Gasteiger partial charge in [-0.15, -0.1) is 0 Å². The molecule has 0 unspecified atom stereocenters. The third kappa shape index (κ3) is 3.52. The van der Waals surface area contributed by atoms with Crippen molar-refractivity contribution >= 4 is 0 Å². The Hall–Kier alpha value is -2.55. The Morgan fingerprint density at radius 2 is 1.88 bits per heavy atom. The second kappa shape index (κ2) is 6.99. The van der Waals surface area contributed by atoms with E-state index in [1.165, 1.54) is 0 Å². The zero-order valence-electron chi connectivity index (χ0n) is 14.3. The Balaban J connectivity index is 1.90. The number of rotatable bonds is 4. The molecule has 0 amide bonds. The molecule has 0 fully saturated rings. The fraction of sp³-hybridized carbons (Fsp3) is 0.412. The van der Waals surface area contributed by atoms with E-state index in [2.05, 4.69) is 4.98 Å². The summed E-state index contributed by atoms with van der Waals surface area (Å²) in [7, 11) is 3.08. The average molecular weight is 369 g/mol. The van der Waals surface area contributed by atoms with Crippen LogP contribution in [0.5, 0.6) is 11.5 Å². The second-order valence-corrected chi connectivity index (χ2v) is 5.94. The number of hydrogen-bond donors (Lipinski definition) is 1. The van der Waals surface area contributed by atoms with Crippen molar-refractivity contribution in [2.24, 2.45) is 0 Å². The smallest absolute Gasteiger partial charge is 0.449 e. The van der Waals surface area contributed by atoms with Crippen LogP contribution in [0.25, 0.3) is 0 Å². The number of ether oxygens (including phenoxy) is 2. The van der Waals surface area contributed by atoms with E-state index >= 15 is 0 Å². The van der Waals surface area contributed by atoms with Crippen molar-refractivity contribution in [2.45, 2.75) is 25.7 Å². The summed E-state index contributed by atoms with van der Waals surface area (Å²) < 4.78 is 49.4. The normalized spacial score (nSPS) is 14.8. The molecule has 0 atom stereocenters. The maximum Gasteiger partial charge on any atom is 0.449 e. The molecule has 3 rings (SSSR count). The van der Waals surface area contributed by atoms with Crippen LogP contribution in [-0.4, -0.2) is 35.6 Å². The molecule has 0 saturated heterocycles. The first kappa shape index (κ1) is 18.2. The van der Waals surface area contributed by atoms with E-state index in [1.54, 1.807) is 32.4 Å². The van der Waals surface area contributed by atoms with Crippen LogP contribution in [0.1, 0.15) is 22.6 Å². The predicted molar refractivity (Wildman–Crippen MR) is 87.2 cm³/mol. The van der Waals surface area contributed by atoms with Gasteiger partial charge in [0, 0.05) is 25.2 Å². The molecule has 1 aliphatic rings. The van der Waals surface area contributed by atoms with Gasteiger partial charge in [0.1, 0.15) is 11.5 Å². The summed E-state index contributed by atoms with van der Waals surface area (Å²) in [5, 5.41) is 0. The number of nitrogens with one attached hydrogen (secondary N) is 1. The Morgan fingerprint density at radius 1 is 1.23 bits per heavy atom. The number of fused-ring (bicyclic) bond motifs is 1. The highest BCUT2D eigenvalue weighted by Gasteiger charge is 2.36. The maximum atomic E-state index is 12.9. The largest absolute Gasteiger partial charge is 0.496 e. The topological polar surface area (TPSA) is 67.5 Å². The summed E-state index contributed by atoms with van der Waals surface area (Å²) in [5.74, 6) is -0.00652. The van der Waals surface area contributed by atoms with Gasteiger partial charge >= 0.3 is 6.18 Å². The second-order valence-electron chi connectivity index (χ2n) is 5.94.